The Hall–Kier alpha value is -3.41. The number of nitrogens with two attached hydrogens (primary N) is 1. The number of piperazine rings is 1. The number of benzene rings is 2. The fraction of sp³-hybridized carbons (Fsp3) is 0.320. The molecule has 36 heavy (non-hydrogen) atoms. The summed E-state index contributed by atoms with van der Waals surface area (Å²) in [5, 5.41) is 11.0. The number of primary amides is 1. The number of amides is 1. The van der Waals surface area contributed by atoms with Crippen LogP contribution in [0.5, 0.6) is 0 Å². The summed E-state index contributed by atoms with van der Waals surface area (Å²) in [6, 6.07) is 13.0. The second kappa shape index (κ2) is 9.57. The highest BCUT2D eigenvalue weighted by molar-refractivity contribution is 7.89. The van der Waals surface area contributed by atoms with Crippen LogP contribution in [0.4, 0.5) is 15.8 Å². The van der Waals surface area contributed by atoms with Crippen molar-refractivity contribution < 1.29 is 17.6 Å². The van der Waals surface area contributed by atoms with E-state index in [1.54, 1.807) is 31.2 Å². The van der Waals surface area contributed by atoms with Crippen LogP contribution in [-0.2, 0) is 10.0 Å². The highest BCUT2D eigenvalue weighted by Gasteiger charge is 2.34. The Morgan fingerprint density at radius 3 is 2.36 bits per heavy atom. The van der Waals surface area contributed by atoms with Gasteiger partial charge in [0.05, 0.1) is 16.3 Å². The van der Waals surface area contributed by atoms with Crippen LogP contribution in [0.3, 0.4) is 0 Å². The van der Waals surface area contributed by atoms with Crippen molar-refractivity contribution in [3.8, 4) is 11.3 Å². The summed E-state index contributed by atoms with van der Waals surface area (Å²) >= 11 is 0. The molecule has 1 saturated heterocycles. The topological polar surface area (TPSA) is 122 Å². The second-order valence-corrected chi connectivity index (χ2v) is 11.0. The number of hydrogen-bond donors (Lipinski definition) is 2. The minimum Gasteiger partial charge on any atom is -0.364 e. The molecular weight excluding hydrogens is 483 g/mol. The van der Waals surface area contributed by atoms with Gasteiger partial charge in [-0.3, -0.25) is 9.69 Å². The molecule has 11 heteroatoms. The molecule has 0 spiro atoms. The van der Waals surface area contributed by atoms with Gasteiger partial charge in [-0.05, 0) is 61.7 Å². The van der Waals surface area contributed by atoms with Gasteiger partial charge in [0, 0.05) is 43.5 Å². The van der Waals surface area contributed by atoms with Gasteiger partial charge in [0.15, 0.2) is 5.69 Å². The minimum atomic E-state index is -3.61. The van der Waals surface area contributed by atoms with Crippen LogP contribution in [-0.4, -0.2) is 65.9 Å². The van der Waals surface area contributed by atoms with Crippen molar-refractivity contribution in [3.63, 3.8) is 0 Å². The van der Waals surface area contributed by atoms with Crippen LogP contribution in [0.25, 0.3) is 11.3 Å². The van der Waals surface area contributed by atoms with Crippen LogP contribution in [0.2, 0.25) is 0 Å². The van der Waals surface area contributed by atoms with E-state index >= 15 is 0 Å². The normalized spacial score (nSPS) is 17.2. The third kappa shape index (κ3) is 4.81. The number of hydrogen-bond acceptors (Lipinski definition) is 7. The molecule has 0 bridgehead atoms. The number of sulfonamides is 1. The summed E-state index contributed by atoms with van der Waals surface area (Å²) in [4.78, 5) is 14.5. The highest BCUT2D eigenvalue weighted by Crippen LogP contribution is 2.31. The first-order valence-electron chi connectivity index (χ1n) is 11.8. The minimum absolute atomic E-state index is 0.113. The van der Waals surface area contributed by atoms with Crippen LogP contribution >= 0.6 is 0 Å². The van der Waals surface area contributed by atoms with Gasteiger partial charge >= 0.3 is 0 Å². The molecule has 3 aromatic rings. The van der Waals surface area contributed by atoms with Gasteiger partial charge in [-0.2, -0.15) is 4.31 Å². The van der Waals surface area contributed by atoms with E-state index in [4.69, 9.17) is 5.73 Å². The van der Waals surface area contributed by atoms with Crippen LogP contribution in [0.15, 0.2) is 53.4 Å². The molecule has 0 radical (unpaired) electrons. The second-order valence-electron chi connectivity index (χ2n) is 9.11. The fourth-order valence-electron chi connectivity index (χ4n) is 4.51. The van der Waals surface area contributed by atoms with Crippen molar-refractivity contribution in [2.24, 2.45) is 5.73 Å². The molecule has 0 atom stereocenters. The zero-order valence-corrected chi connectivity index (χ0v) is 20.6. The smallest absolute Gasteiger partial charge is 0.271 e. The largest absolute Gasteiger partial charge is 0.364 e. The van der Waals surface area contributed by atoms with E-state index in [1.165, 1.54) is 41.4 Å². The lowest BCUT2D eigenvalue weighted by Crippen LogP contribution is -2.49. The van der Waals surface area contributed by atoms with Gasteiger partial charge in [0.2, 0.25) is 10.0 Å². The van der Waals surface area contributed by atoms with Crippen molar-refractivity contribution in [3.05, 3.63) is 65.6 Å². The van der Waals surface area contributed by atoms with Crippen molar-refractivity contribution >= 4 is 27.3 Å². The first-order chi connectivity index (χ1) is 17.2. The Morgan fingerprint density at radius 1 is 1.06 bits per heavy atom. The Balaban J connectivity index is 1.37. The highest BCUT2D eigenvalue weighted by atomic mass is 32.2. The molecule has 1 aliphatic heterocycles. The molecule has 0 unspecified atom stereocenters. The number of carbonyl (C=O) groups excluding carboxylic acids is 1. The molecule has 1 amide bonds. The summed E-state index contributed by atoms with van der Waals surface area (Å²) in [5.41, 5.74) is 7.28. The molecular formula is C25H27FN6O3S. The van der Waals surface area contributed by atoms with E-state index in [1.807, 2.05) is 0 Å². The van der Waals surface area contributed by atoms with Crippen LogP contribution < -0.4 is 11.1 Å². The van der Waals surface area contributed by atoms with Gasteiger partial charge in [-0.15, -0.1) is 10.2 Å². The fourth-order valence-corrected chi connectivity index (χ4v) is 5.93. The number of rotatable bonds is 7. The lowest BCUT2D eigenvalue weighted by Gasteiger charge is -2.34. The molecule has 1 saturated carbocycles. The molecule has 2 aromatic carbocycles. The van der Waals surface area contributed by atoms with Gasteiger partial charge < -0.3 is 11.1 Å². The molecule has 2 fully saturated rings. The molecule has 5 rings (SSSR count). The standard InChI is InChI=1S/C25H27FN6O3S/c1-16-3-2-4-20(26)23(16)21-15-22(24(25(27)33)30-29-21)28-17-5-9-19(10-6-17)36(34,35)32-13-11-31(12-14-32)18-7-8-18/h2-6,9-10,15,18H,7-8,11-14H2,1H3,(H2,27,33)(H,28,29). The maximum absolute atomic E-state index is 14.5. The number of nitrogens with one attached hydrogen (secondary N) is 1. The zero-order chi connectivity index (χ0) is 25.4. The van der Waals surface area contributed by atoms with Crippen molar-refractivity contribution in [1.29, 1.82) is 0 Å². The predicted octanol–water partition coefficient (Wildman–Crippen LogP) is 2.90. The van der Waals surface area contributed by atoms with Crippen LogP contribution in [0, 0.1) is 12.7 Å². The van der Waals surface area contributed by atoms with Crippen molar-refractivity contribution in [1.82, 2.24) is 19.4 Å². The van der Waals surface area contributed by atoms with E-state index in [-0.39, 0.29) is 27.5 Å². The Kier molecular flexibility index (Phi) is 6.45. The Bertz CT molecular complexity index is 1380. The maximum Gasteiger partial charge on any atom is 0.271 e. The Morgan fingerprint density at radius 2 is 1.75 bits per heavy atom. The maximum atomic E-state index is 14.5. The van der Waals surface area contributed by atoms with Gasteiger partial charge in [0.25, 0.3) is 5.91 Å². The molecule has 2 aliphatic rings. The third-order valence-electron chi connectivity index (χ3n) is 6.61. The summed E-state index contributed by atoms with van der Waals surface area (Å²) in [5.74, 6) is -1.26. The van der Waals surface area contributed by atoms with Crippen LogP contribution in [0.1, 0.15) is 28.9 Å². The van der Waals surface area contributed by atoms with Crippen molar-refractivity contribution in [2.75, 3.05) is 31.5 Å². The monoisotopic (exact) mass is 510 g/mol. The number of halogens is 1. The molecule has 3 N–H and O–H groups in total. The average Bonchev–Trinajstić information content (AvgIpc) is 3.70. The van der Waals surface area contributed by atoms with Gasteiger partial charge in [-0.25, -0.2) is 12.8 Å². The predicted molar refractivity (Wildman–Crippen MR) is 134 cm³/mol. The zero-order valence-electron chi connectivity index (χ0n) is 19.8. The summed E-state index contributed by atoms with van der Waals surface area (Å²) in [6.07, 6.45) is 2.40. The van der Waals surface area contributed by atoms with Gasteiger partial charge in [-0.1, -0.05) is 12.1 Å². The lowest BCUT2D eigenvalue weighted by atomic mass is 10.0. The molecule has 1 aromatic heterocycles. The lowest BCUT2D eigenvalue weighted by molar-refractivity contribution is 0.0995. The number of anilines is 2. The number of aromatic nitrogens is 2. The number of carbonyl (C=O) groups is 1. The number of nitrogens with zero attached hydrogens (tertiary/aromatic N) is 4. The van der Waals surface area contributed by atoms with E-state index in [9.17, 15) is 17.6 Å². The molecule has 1 aliphatic carbocycles. The van der Waals surface area contributed by atoms with E-state index < -0.39 is 21.7 Å². The summed E-state index contributed by atoms with van der Waals surface area (Å²) in [6.45, 7) is 4.19. The summed E-state index contributed by atoms with van der Waals surface area (Å²) < 4.78 is 42.3. The third-order valence-corrected chi connectivity index (χ3v) is 8.53. The number of aryl methyl sites for hydroxylation is 1. The van der Waals surface area contributed by atoms with Gasteiger partial charge in [0.1, 0.15) is 5.82 Å². The van der Waals surface area contributed by atoms with E-state index in [0.29, 0.717) is 30.4 Å². The van der Waals surface area contributed by atoms with Crippen molar-refractivity contribution in [2.45, 2.75) is 30.7 Å². The summed E-state index contributed by atoms with van der Waals surface area (Å²) in [7, 11) is -3.61. The molecule has 2 heterocycles. The SMILES string of the molecule is Cc1cccc(F)c1-c1cc(Nc2ccc(S(=O)(=O)N3CCN(C4CC4)CC3)cc2)c(C(N)=O)nn1. The first-order valence-corrected chi connectivity index (χ1v) is 13.2. The Labute approximate surface area is 209 Å². The quantitative estimate of drug-likeness (QED) is 0.501. The molecule has 188 valence electrons. The van der Waals surface area contributed by atoms with E-state index in [0.717, 1.165) is 13.1 Å². The first kappa shape index (κ1) is 24.3. The molecule has 9 nitrogen and oxygen atoms in total. The van der Waals surface area contributed by atoms with E-state index in [2.05, 4.69) is 20.4 Å². The average molecular weight is 511 g/mol.